The fourth-order valence-electron chi connectivity index (χ4n) is 3.64. The molecule has 0 saturated heterocycles. The van der Waals surface area contributed by atoms with Crippen LogP contribution in [0.15, 0.2) is 29.4 Å². The Labute approximate surface area is 149 Å². The van der Waals surface area contributed by atoms with Crippen molar-refractivity contribution in [2.75, 3.05) is 0 Å². The summed E-state index contributed by atoms with van der Waals surface area (Å²) in [6.07, 6.45) is 4.28. The number of hydrazone groups is 1. The molecule has 2 aromatic rings. The molecular weight excluding hydrogens is 312 g/mol. The Morgan fingerprint density at radius 3 is 2.64 bits per heavy atom. The number of hydrogen-bond acceptors (Lipinski definition) is 3. The highest BCUT2D eigenvalue weighted by molar-refractivity contribution is 5.87. The number of benzene rings is 1. The van der Waals surface area contributed by atoms with Crippen molar-refractivity contribution in [1.29, 1.82) is 0 Å². The molecule has 25 heavy (non-hydrogen) atoms. The molecule has 3 rings (SSSR count). The zero-order valence-electron chi connectivity index (χ0n) is 15.7. The van der Waals surface area contributed by atoms with Gasteiger partial charge in [-0.3, -0.25) is 4.79 Å². The molecule has 1 amide bonds. The molecule has 5 heteroatoms. The number of hydrogen-bond donors (Lipinski definition) is 1. The number of carbonyl (C=O) groups excluding carboxylic acids is 1. The first kappa shape index (κ1) is 17.6. The molecule has 1 saturated carbocycles. The van der Waals surface area contributed by atoms with Crippen LogP contribution in [0.2, 0.25) is 0 Å². The van der Waals surface area contributed by atoms with E-state index in [9.17, 15) is 4.79 Å². The Morgan fingerprint density at radius 2 is 1.96 bits per heavy atom. The highest BCUT2D eigenvalue weighted by atomic mass is 16.2. The molecule has 1 heterocycles. The van der Waals surface area contributed by atoms with Gasteiger partial charge in [-0.25, -0.2) is 10.4 Å². The summed E-state index contributed by atoms with van der Waals surface area (Å²) in [5.41, 5.74) is 6.10. The second-order valence-corrected chi connectivity index (χ2v) is 8.09. The summed E-state index contributed by atoms with van der Waals surface area (Å²) < 4.78 is 1.93. The van der Waals surface area contributed by atoms with Crippen molar-refractivity contribution in [1.82, 2.24) is 15.0 Å². The highest BCUT2D eigenvalue weighted by Gasteiger charge is 2.28. The summed E-state index contributed by atoms with van der Waals surface area (Å²) in [6.45, 7) is 9.08. The topological polar surface area (TPSA) is 59.3 Å². The fraction of sp³-hybridized carbons (Fsp3) is 0.550. The summed E-state index contributed by atoms with van der Waals surface area (Å²) in [5.74, 6) is 1.48. The third-order valence-electron chi connectivity index (χ3n) is 5.27. The quantitative estimate of drug-likeness (QED) is 0.857. The van der Waals surface area contributed by atoms with Gasteiger partial charge in [0.1, 0.15) is 12.4 Å². The van der Waals surface area contributed by atoms with Crippen LogP contribution in [0.4, 0.5) is 0 Å². The van der Waals surface area contributed by atoms with Crippen LogP contribution in [-0.4, -0.2) is 21.2 Å². The second kappa shape index (κ2) is 6.98. The predicted octanol–water partition coefficient (Wildman–Crippen LogP) is 4.05. The lowest BCUT2D eigenvalue weighted by Gasteiger charge is -2.34. The van der Waals surface area contributed by atoms with Crippen molar-refractivity contribution >= 4 is 22.7 Å². The van der Waals surface area contributed by atoms with E-state index in [4.69, 9.17) is 0 Å². The van der Waals surface area contributed by atoms with Gasteiger partial charge in [-0.2, -0.15) is 5.10 Å². The van der Waals surface area contributed by atoms with Gasteiger partial charge in [-0.05, 0) is 56.1 Å². The van der Waals surface area contributed by atoms with Crippen molar-refractivity contribution in [3.05, 3.63) is 30.1 Å². The van der Waals surface area contributed by atoms with E-state index in [2.05, 4.69) is 36.3 Å². The Kier molecular flexibility index (Phi) is 4.93. The number of nitrogens with zero attached hydrogens (tertiary/aromatic N) is 3. The number of amides is 1. The van der Waals surface area contributed by atoms with Gasteiger partial charge in [-0.1, -0.05) is 32.9 Å². The number of carbonyl (C=O) groups is 1. The van der Waals surface area contributed by atoms with Gasteiger partial charge >= 0.3 is 0 Å². The first-order valence-corrected chi connectivity index (χ1v) is 9.11. The Balaban J connectivity index is 1.59. The van der Waals surface area contributed by atoms with Crippen molar-refractivity contribution in [3.63, 3.8) is 0 Å². The lowest BCUT2D eigenvalue weighted by Crippen LogP contribution is -2.29. The molecular formula is C20H28N4O. The molecule has 0 atom stereocenters. The highest BCUT2D eigenvalue weighted by Crippen LogP contribution is 2.36. The van der Waals surface area contributed by atoms with Crippen LogP contribution in [0.5, 0.6) is 0 Å². The number of fused-ring (bicyclic) bond motifs is 1. The van der Waals surface area contributed by atoms with E-state index in [1.165, 1.54) is 0 Å². The van der Waals surface area contributed by atoms with Gasteiger partial charge < -0.3 is 4.57 Å². The summed E-state index contributed by atoms with van der Waals surface area (Å²) in [5, 5.41) is 4.37. The molecule has 0 bridgehead atoms. The molecule has 1 N–H and O–H groups in total. The number of imidazole rings is 1. The van der Waals surface area contributed by atoms with Crippen molar-refractivity contribution in [2.45, 2.75) is 59.9 Å². The zero-order valence-corrected chi connectivity index (χ0v) is 15.7. The van der Waals surface area contributed by atoms with Gasteiger partial charge in [0.15, 0.2) is 0 Å². The van der Waals surface area contributed by atoms with E-state index in [0.717, 1.165) is 54.2 Å². The van der Waals surface area contributed by atoms with E-state index < -0.39 is 0 Å². The number of aryl methyl sites for hydroxylation is 1. The molecule has 1 aliphatic carbocycles. The standard InChI is InChI=1S/C20H28N4O/c1-14-21-17-7-5-6-8-18(17)24(14)13-19(25)23-22-16-11-9-15(10-12-16)20(2,3)4/h5-8,15H,9-13H2,1-4H3,(H,23,25). The van der Waals surface area contributed by atoms with Crippen molar-refractivity contribution in [3.8, 4) is 0 Å². The molecule has 0 unspecified atom stereocenters. The maximum absolute atomic E-state index is 12.3. The maximum atomic E-state index is 12.3. The minimum absolute atomic E-state index is 0.100. The molecule has 1 aromatic carbocycles. The molecule has 1 aromatic heterocycles. The normalized spacial score (nSPS) is 18.4. The van der Waals surface area contributed by atoms with Gasteiger partial charge in [0.2, 0.25) is 0 Å². The smallest absolute Gasteiger partial charge is 0.260 e. The minimum atomic E-state index is -0.100. The minimum Gasteiger partial charge on any atom is -0.319 e. The average molecular weight is 340 g/mol. The van der Waals surface area contributed by atoms with Gasteiger partial charge in [0.25, 0.3) is 5.91 Å². The second-order valence-electron chi connectivity index (χ2n) is 8.09. The van der Waals surface area contributed by atoms with Crippen molar-refractivity contribution < 1.29 is 4.79 Å². The number of rotatable bonds is 3. The van der Waals surface area contributed by atoms with Crippen LogP contribution in [0, 0.1) is 18.3 Å². The largest absolute Gasteiger partial charge is 0.319 e. The molecule has 0 aliphatic heterocycles. The van der Waals surface area contributed by atoms with Crippen LogP contribution in [0.1, 0.15) is 52.3 Å². The van der Waals surface area contributed by atoms with E-state index in [1.807, 2.05) is 35.8 Å². The Bertz CT molecular complexity index is 788. The Hall–Kier alpha value is -2.17. The number of aromatic nitrogens is 2. The zero-order chi connectivity index (χ0) is 18.0. The van der Waals surface area contributed by atoms with Crippen LogP contribution in [-0.2, 0) is 11.3 Å². The molecule has 134 valence electrons. The maximum Gasteiger partial charge on any atom is 0.260 e. The molecule has 5 nitrogen and oxygen atoms in total. The summed E-state index contributed by atoms with van der Waals surface area (Å²) in [6, 6.07) is 7.87. The van der Waals surface area contributed by atoms with Gasteiger partial charge in [0, 0.05) is 5.71 Å². The van der Waals surface area contributed by atoms with Crippen molar-refractivity contribution in [2.24, 2.45) is 16.4 Å². The first-order chi connectivity index (χ1) is 11.8. The lowest BCUT2D eigenvalue weighted by atomic mass is 9.72. The van der Waals surface area contributed by atoms with Crippen LogP contribution in [0.25, 0.3) is 11.0 Å². The summed E-state index contributed by atoms with van der Waals surface area (Å²) in [7, 11) is 0. The fourth-order valence-corrected chi connectivity index (χ4v) is 3.64. The molecule has 0 radical (unpaired) electrons. The third kappa shape index (κ3) is 4.09. The number of nitrogens with one attached hydrogen (secondary N) is 1. The summed E-state index contributed by atoms with van der Waals surface area (Å²) in [4.78, 5) is 16.8. The molecule has 1 fully saturated rings. The lowest BCUT2D eigenvalue weighted by molar-refractivity contribution is -0.121. The third-order valence-corrected chi connectivity index (χ3v) is 5.27. The molecule has 0 spiro atoms. The van der Waals surface area contributed by atoms with E-state index >= 15 is 0 Å². The monoisotopic (exact) mass is 340 g/mol. The average Bonchev–Trinajstić information content (AvgIpc) is 2.88. The first-order valence-electron chi connectivity index (χ1n) is 9.11. The SMILES string of the molecule is Cc1nc2ccccc2n1CC(=O)NN=C1CCC(C(C)(C)C)CC1. The van der Waals surface area contributed by atoms with Crippen LogP contribution < -0.4 is 5.43 Å². The van der Waals surface area contributed by atoms with Gasteiger partial charge in [-0.15, -0.1) is 0 Å². The van der Waals surface area contributed by atoms with Crippen LogP contribution >= 0.6 is 0 Å². The van der Waals surface area contributed by atoms with E-state index in [1.54, 1.807) is 0 Å². The van der Waals surface area contributed by atoms with E-state index in [0.29, 0.717) is 5.41 Å². The van der Waals surface area contributed by atoms with Gasteiger partial charge in [0.05, 0.1) is 11.0 Å². The Morgan fingerprint density at radius 1 is 1.28 bits per heavy atom. The predicted molar refractivity (Wildman–Crippen MR) is 101 cm³/mol. The summed E-state index contributed by atoms with van der Waals surface area (Å²) >= 11 is 0. The van der Waals surface area contributed by atoms with Crippen LogP contribution in [0.3, 0.4) is 0 Å². The molecule has 1 aliphatic rings. The number of para-hydroxylation sites is 2. The van der Waals surface area contributed by atoms with E-state index in [-0.39, 0.29) is 12.5 Å².